The van der Waals surface area contributed by atoms with Crippen LogP contribution in [0.25, 0.3) is 0 Å². The van der Waals surface area contributed by atoms with Gasteiger partial charge in [-0.15, -0.1) is 0 Å². The summed E-state index contributed by atoms with van der Waals surface area (Å²) in [6.45, 7) is 1.70. The molecule has 0 aromatic heterocycles. The first kappa shape index (κ1) is 11.9. The molecule has 1 aliphatic heterocycles. The molecule has 0 amide bonds. The Morgan fingerprint density at radius 2 is 2.19 bits per heavy atom. The van der Waals surface area contributed by atoms with E-state index in [1.807, 2.05) is 11.0 Å². The Kier molecular flexibility index (Phi) is 3.23. The van der Waals surface area contributed by atoms with Crippen LogP contribution in [0, 0.1) is 0 Å². The van der Waals surface area contributed by atoms with Crippen molar-refractivity contribution in [3.8, 4) is 0 Å². The second-order valence-corrected chi connectivity index (χ2v) is 6.61. The van der Waals surface area contributed by atoms with Crippen molar-refractivity contribution < 1.29 is 8.42 Å². The van der Waals surface area contributed by atoms with Gasteiger partial charge in [-0.25, -0.2) is 8.42 Å². The van der Waals surface area contributed by atoms with E-state index in [0.29, 0.717) is 24.5 Å². The Morgan fingerprint density at radius 1 is 1.44 bits per heavy atom. The van der Waals surface area contributed by atoms with E-state index >= 15 is 0 Å². The average molecular weight is 305 g/mol. The molecule has 4 nitrogen and oxygen atoms in total. The molecule has 1 aromatic carbocycles. The lowest BCUT2D eigenvalue weighted by Gasteiger charge is -2.31. The highest BCUT2D eigenvalue weighted by Crippen LogP contribution is 2.36. The summed E-state index contributed by atoms with van der Waals surface area (Å²) in [7, 11) is -3.13. The quantitative estimate of drug-likeness (QED) is 0.885. The van der Waals surface area contributed by atoms with Crippen LogP contribution in [0.2, 0.25) is 0 Å². The molecule has 88 valence electrons. The standard InChI is InChI=1S/C10H13BrN2O2S/c11-8-2-1-3-9-10(8)13(5-4-12)6-7-16(9,14)15/h1-3H,4-7,12H2. The van der Waals surface area contributed by atoms with E-state index < -0.39 is 9.84 Å². The Bertz CT molecular complexity index is 502. The molecule has 16 heavy (non-hydrogen) atoms. The van der Waals surface area contributed by atoms with Gasteiger partial charge in [-0.3, -0.25) is 0 Å². The van der Waals surface area contributed by atoms with Crippen LogP contribution < -0.4 is 10.6 Å². The van der Waals surface area contributed by atoms with E-state index in [9.17, 15) is 8.42 Å². The highest BCUT2D eigenvalue weighted by molar-refractivity contribution is 9.10. The maximum Gasteiger partial charge on any atom is 0.182 e. The summed E-state index contributed by atoms with van der Waals surface area (Å²) in [5.41, 5.74) is 6.28. The molecule has 0 unspecified atom stereocenters. The first-order chi connectivity index (χ1) is 7.56. The van der Waals surface area contributed by atoms with Gasteiger partial charge in [-0.2, -0.15) is 0 Å². The van der Waals surface area contributed by atoms with Crippen molar-refractivity contribution in [3.63, 3.8) is 0 Å². The van der Waals surface area contributed by atoms with Gasteiger partial charge in [0.1, 0.15) is 0 Å². The maximum absolute atomic E-state index is 11.9. The van der Waals surface area contributed by atoms with Crippen molar-refractivity contribution in [2.45, 2.75) is 4.90 Å². The topological polar surface area (TPSA) is 63.4 Å². The first-order valence-electron chi connectivity index (χ1n) is 5.02. The second kappa shape index (κ2) is 4.35. The van der Waals surface area contributed by atoms with Crippen LogP contribution in [0.3, 0.4) is 0 Å². The molecule has 1 aromatic rings. The number of fused-ring (bicyclic) bond motifs is 1. The smallest absolute Gasteiger partial charge is 0.182 e. The van der Waals surface area contributed by atoms with Gasteiger partial charge in [-0.05, 0) is 28.1 Å². The van der Waals surface area contributed by atoms with Gasteiger partial charge in [0.2, 0.25) is 0 Å². The van der Waals surface area contributed by atoms with Crippen molar-refractivity contribution in [2.24, 2.45) is 5.73 Å². The average Bonchev–Trinajstić information content (AvgIpc) is 2.23. The van der Waals surface area contributed by atoms with Gasteiger partial charge in [0.05, 0.1) is 16.3 Å². The number of anilines is 1. The minimum atomic E-state index is -3.13. The fourth-order valence-electron chi connectivity index (χ4n) is 1.88. The minimum absolute atomic E-state index is 0.163. The number of sulfone groups is 1. The number of nitrogens with two attached hydrogens (primary N) is 1. The van der Waals surface area contributed by atoms with Gasteiger partial charge in [-0.1, -0.05) is 6.07 Å². The van der Waals surface area contributed by atoms with Gasteiger partial charge in [0.15, 0.2) is 9.84 Å². The highest BCUT2D eigenvalue weighted by Gasteiger charge is 2.29. The molecular formula is C10H13BrN2O2S. The third kappa shape index (κ3) is 1.97. The summed E-state index contributed by atoms with van der Waals surface area (Å²) in [6, 6.07) is 5.24. The number of halogens is 1. The molecule has 0 radical (unpaired) electrons. The van der Waals surface area contributed by atoms with Crippen LogP contribution in [0.15, 0.2) is 27.6 Å². The van der Waals surface area contributed by atoms with Crippen molar-refractivity contribution in [2.75, 3.05) is 30.3 Å². The Morgan fingerprint density at radius 3 is 2.88 bits per heavy atom. The number of benzene rings is 1. The largest absolute Gasteiger partial charge is 0.367 e. The monoisotopic (exact) mass is 304 g/mol. The van der Waals surface area contributed by atoms with Gasteiger partial charge in [0, 0.05) is 24.1 Å². The van der Waals surface area contributed by atoms with Crippen LogP contribution in [-0.4, -0.2) is 33.8 Å². The molecule has 0 aliphatic carbocycles. The number of para-hydroxylation sites is 1. The third-order valence-electron chi connectivity index (χ3n) is 2.63. The maximum atomic E-state index is 11.9. The van der Waals surface area contributed by atoms with Crippen LogP contribution in [0.1, 0.15) is 0 Å². The fraction of sp³-hybridized carbons (Fsp3) is 0.400. The number of nitrogens with zero attached hydrogens (tertiary/aromatic N) is 1. The molecule has 1 heterocycles. The highest BCUT2D eigenvalue weighted by atomic mass is 79.9. The molecule has 1 aliphatic rings. The van der Waals surface area contributed by atoms with E-state index in [0.717, 1.165) is 10.2 Å². The predicted octanol–water partition coefficient (Wildman–Crippen LogP) is 1.00. The molecule has 0 saturated heterocycles. The zero-order valence-electron chi connectivity index (χ0n) is 8.69. The van der Waals surface area contributed by atoms with E-state index in [1.54, 1.807) is 12.1 Å². The second-order valence-electron chi connectivity index (χ2n) is 3.68. The van der Waals surface area contributed by atoms with E-state index in [2.05, 4.69) is 15.9 Å². The van der Waals surface area contributed by atoms with Gasteiger partial charge >= 0.3 is 0 Å². The van der Waals surface area contributed by atoms with E-state index in [1.165, 1.54) is 0 Å². The third-order valence-corrected chi connectivity index (χ3v) is 4.99. The first-order valence-corrected chi connectivity index (χ1v) is 7.47. The summed E-state index contributed by atoms with van der Waals surface area (Å²) >= 11 is 3.40. The van der Waals surface area contributed by atoms with Crippen LogP contribution in [0.4, 0.5) is 5.69 Å². The minimum Gasteiger partial charge on any atom is -0.367 e. The molecule has 0 spiro atoms. The molecular weight excluding hydrogens is 292 g/mol. The Balaban J connectivity index is 2.58. The summed E-state index contributed by atoms with van der Waals surface area (Å²) < 4.78 is 24.6. The molecule has 2 N–H and O–H groups in total. The summed E-state index contributed by atoms with van der Waals surface area (Å²) in [5, 5.41) is 0. The van der Waals surface area contributed by atoms with E-state index in [4.69, 9.17) is 5.73 Å². The predicted molar refractivity (Wildman–Crippen MR) is 67.5 cm³/mol. The molecule has 0 bridgehead atoms. The zero-order valence-corrected chi connectivity index (χ0v) is 11.1. The fourth-order valence-corrected chi connectivity index (χ4v) is 4.13. The zero-order chi connectivity index (χ0) is 11.8. The summed E-state index contributed by atoms with van der Waals surface area (Å²) in [5.74, 6) is 0.163. The lowest BCUT2D eigenvalue weighted by atomic mass is 10.2. The summed E-state index contributed by atoms with van der Waals surface area (Å²) in [4.78, 5) is 2.42. The van der Waals surface area contributed by atoms with Gasteiger partial charge in [0.25, 0.3) is 0 Å². The van der Waals surface area contributed by atoms with Crippen LogP contribution in [-0.2, 0) is 9.84 Å². The van der Waals surface area contributed by atoms with Crippen molar-refractivity contribution in [3.05, 3.63) is 22.7 Å². The number of rotatable bonds is 2. The van der Waals surface area contributed by atoms with Crippen molar-refractivity contribution in [1.82, 2.24) is 0 Å². The van der Waals surface area contributed by atoms with E-state index in [-0.39, 0.29) is 5.75 Å². The Hall–Kier alpha value is -0.590. The molecule has 0 atom stereocenters. The molecule has 0 fully saturated rings. The lowest BCUT2D eigenvalue weighted by Crippen LogP contribution is -2.38. The molecule has 6 heteroatoms. The Labute approximate surface area is 103 Å². The molecule has 2 rings (SSSR count). The van der Waals surface area contributed by atoms with Gasteiger partial charge < -0.3 is 10.6 Å². The number of hydrogen-bond donors (Lipinski definition) is 1. The molecule has 0 saturated carbocycles. The summed E-state index contributed by atoms with van der Waals surface area (Å²) in [6.07, 6.45) is 0. The van der Waals surface area contributed by atoms with Crippen LogP contribution >= 0.6 is 15.9 Å². The van der Waals surface area contributed by atoms with Crippen LogP contribution in [0.5, 0.6) is 0 Å². The van der Waals surface area contributed by atoms with Crippen molar-refractivity contribution >= 4 is 31.5 Å². The lowest BCUT2D eigenvalue weighted by molar-refractivity contribution is 0.589. The normalized spacial score (nSPS) is 18.2. The number of hydrogen-bond acceptors (Lipinski definition) is 4. The van der Waals surface area contributed by atoms with Crippen molar-refractivity contribution in [1.29, 1.82) is 0 Å². The SMILES string of the molecule is NCCN1CCS(=O)(=O)c2cccc(Br)c21.